The molecule has 0 aliphatic heterocycles. The second-order valence-corrected chi connectivity index (χ2v) is 7.15. The molecule has 0 saturated carbocycles. The highest BCUT2D eigenvalue weighted by Gasteiger charge is 2.21. The fourth-order valence-corrected chi connectivity index (χ4v) is 2.50. The molecular weight excluding hydrogens is 397 g/mol. The Morgan fingerprint density at radius 2 is 1.54 bits per heavy atom. The zero-order chi connectivity index (χ0) is 21.6. The SMILES string of the molecule is CNC(=O)CCCCOP(=O)(O)OCCOC(=O)N(C)CCN(C)C(=O)OC. The lowest BCUT2D eigenvalue weighted by Gasteiger charge is -2.21. The van der Waals surface area contributed by atoms with Gasteiger partial charge < -0.3 is 29.5 Å². The molecule has 12 nitrogen and oxygen atoms in total. The lowest BCUT2D eigenvalue weighted by molar-refractivity contribution is -0.120. The van der Waals surface area contributed by atoms with Gasteiger partial charge in [-0.15, -0.1) is 0 Å². The maximum absolute atomic E-state index is 11.8. The number of nitrogens with one attached hydrogen (secondary N) is 1. The summed E-state index contributed by atoms with van der Waals surface area (Å²) in [5, 5.41) is 2.47. The third-order valence-corrected chi connectivity index (χ3v) is 4.48. The van der Waals surface area contributed by atoms with Crippen LogP contribution in [-0.2, 0) is 27.9 Å². The fraction of sp³-hybridized carbons (Fsp3) is 0.800. The summed E-state index contributed by atoms with van der Waals surface area (Å²) in [7, 11) is 1.54. The molecule has 0 fully saturated rings. The Morgan fingerprint density at radius 3 is 2.11 bits per heavy atom. The summed E-state index contributed by atoms with van der Waals surface area (Å²) in [4.78, 5) is 46.0. The van der Waals surface area contributed by atoms with Crippen LogP contribution in [0, 0.1) is 0 Å². The van der Waals surface area contributed by atoms with E-state index in [1.807, 2.05) is 0 Å². The van der Waals surface area contributed by atoms with Crippen LogP contribution in [0.1, 0.15) is 19.3 Å². The summed E-state index contributed by atoms with van der Waals surface area (Å²) in [5.41, 5.74) is 0. The number of rotatable bonds is 13. The monoisotopic (exact) mass is 427 g/mol. The van der Waals surface area contributed by atoms with Gasteiger partial charge in [0.25, 0.3) is 0 Å². The van der Waals surface area contributed by atoms with Crippen LogP contribution in [0.5, 0.6) is 0 Å². The zero-order valence-electron chi connectivity index (χ0n) is 16.7. The van der Waals surface area contributed by atoms with Crippen LogP contribution in [-0.4, -0.2) is 93.9 Å². The minimum Gasteiger partial charge on any atom is -0.453 e. The van der Waals surface area contributed by atoms with E-state index in [1.165, 1.54) is 38.1 Å². The van der Waals surface area contributed by atoms with E-state index in [1.54, 1.807) is 0 Å². The van der Waals surface area contributed by atoms with Gasteiger partial charge in [0.15, 0.2) is 0 Å². The van der Waals surface area contributed by atoms with Crippen molar-refractivity contribution in [3.05, 3.63) is 0 Å². The van der Waals surface area contributed by atoms with Gasteiger partial charge >= 0.3 is 20.0 Å². The third kappa shape index (κ3) is 12.5. The van der Waals surface area contributed by atoms with E-state index in [0.29, 0.717) is 19.3 Å². The molecule has 1 unspecified atom stereocenters. The standard InChI is InChI=1S/C15H30N3O9P/c1-16-13(19)7-5-6-10-26-28(22,23)27-12-11-25-15(21)18(3)9-8-17(2)14(20)24-4/h5-12H2,1-4H3,(H,16,19)(H,22,23). The summed E-state index contributed by atoms with van der Waals surface area (Å²) in [6.07, 6.45) is 0.0258. The number of unbranched alkanes of at least 4 members (excludes halogenated alkanes) is 1. The first-order chi connectivity index (χ1) is 13.1. The molecule has 0 heterocycles. The van der Waals surface area contributed by atoms with Gasteiger partial charge in [-0.05, 0) is 12.8 Å². The zero-order valence-corrected chi connectivity index (χ0v) is 17.6. The first-order valence-electron chi connectivity index (χ1n) is 8.62. The molecule has 0 aliphatic rings. The molecular formula is C15H30N3O9P. The number of nitrogens with zero attached hydrogens (tertiary/aromatic N) is 2. The molecule has 164 valence electrons. The Balaban J connectivity index is 3.90. The van der Waals surface area contributed by atoms with Crippen molar-refractivity contribution in [2.24, 2.45) is 0 Å². The number of phosphoric acid groups is 1. The van der Waals surface area contributed by atoms with Gasteiger partial charge in [-0.25, -0.2) is 14.2 Å². The van der Waals surface area contributed by atoms with Crippen LogP contribution in [0.25, 0.3) is 0 Å². The van der Waals surface area contributed by atoms with E-state index < -0.39 is 20.0 Å². The summed E-state index contributed by atoms with van der Waals surface area (Å²) in [6.45, 7) is -0.160. The molecule has 0 aliphatic carbocycles. The second-order valence-electron chi connectivity index (χ2n) is 5.69. The number of likely N-dealkylation sites (N-methyl/N-ethyl adjacent to an activating group) is 2. The Morgan fingerprint density at radius 1 is 0.964 bits per heavy atom. The number of carbonyl (C=O) groups is 3. The average molecular weight is 427 g/mol. The number of hydrogen-bond donors (Lipinski definition) is 2. The summed E-state index contributed by atoms with van der Waals surface area (Å²) < 4.78 is 30.5. The van der Waals surface area contributed by atoms with Gasteiger partial charge in [0, 0.05) is 40.7 Å². The largest absolute Gasteiger partial charge is 0.472 e. The molecule has 0 aromatic heterocycles. The van der Waals surface area contributed by atoms with Crippen LogP contribution in [0.3, 0.4) is 0 Å². The normalized spacial score (nSPS) is 12.6. The smallest absolute Gasteiger partial charge is 0.453 e. The molecule has 0 aromatic carbocycles. The van der Waals surface area contributed by atoms with E-state index in [0.717, 1.165) is 0 Å². The molecule has 0 saturated heterocycles. The Labute approximate surface area is 164 Å². The van der Waals surface area contributed by atoms with Gasteiger partial charge in [0.2, 0.25) is 5.91 Å². The highest BCUT2D eigenvalue weighted by Crippen LogP contribution is 2.43. The van der Waals surface area contributed by atoms with E-state index >= 15 is 0 Å². The maximum Gasteiger partial charge on any atom is 0.472 e. The summed E-state index contributed by atoms with van der Waals surface area (Å²) >= 11 is 0. The van der Waals surface area contributed by atoms with Crippen LogP contribution in [0.4, 0.5) is 9.59 Å². The predicted octanol–water partition coefficient (Wildman–Crippen LogP) is 0.803. The lowest BCUT2D eigenvalue weighted by Crippen LogP contribution is -2.37. The molecule has 0 rings (SSSR count). The van der Waals surface area contributed by atoms with Crippen molar-refractivity contribution < 1.29 is 42.4 Å². The first kappa shape index (κ1) is 26.1. The van der Waals surface area contributed by atoms with E-state index in [4.69, 9.17) is 13.8 Å². The second kappa shape index (κ2) is 14.2. The number of methoxy groups -OCH3 is 1. The average Bonchev–Trinajstić information content (AvgIpc) is 2.67. The number of amides is 3. The molecule has 0 radical (unpaired) electrons. The molecule has 3 amide bonds. The van der Waals surface area contributed by atoms with Crippen LogP contribution in [0.2, 0.25) is 0 Å². The van der Waals surface area contributed by atoms with Gasteiger partial charge in [-0.3, -0.25) is 13.8 Å². The predicted molar refractivity (Wildman–Crippen MR) is 98.7 cm³/mol. The number of carbonyl (C=O) groups excluding carboxylic acids is 3. The number of ether oxygens (including phenoxy) is 2. The first-order valence-corrected chi connectivity index (χ1v) is 10.1. The van der Waals surface area contributed by atoms with Crippen molar-refractivity contribution in [1.29, 1.82) is 0 Å². The van der Waals surface area contributed by atoms with Crippen molar-refractivity contribution in [3.8, 4) is 0 Å². The van der Waals surface area contributed by atoms with Crippen molar-refractivity contribution in [3.63, 3.8) is 0 Å². The number of hydrogen-bond acceptors (Lipinski definition) is 8. The summed E-state index contributed by atoms with van der Waals surface area (Å²) in [6, 6.07) is 0. The molecule has 2 N–H and O–H groups in total. The van der Waals surface area contributed by atoms with E-state index in [-0.39, 0.29) is 38.8 Å². The minimum absolute atomic E-state index is 0.0407. The molecule has 0 aromatic rings. The molecule has 0 bridgehead atoms. The van der Waals surface area contributed by atoms with Gasteiger partial charge in [0.05, 0.1) is 20.3 Å². The van der Waals surface area contributed by atoms with Gasteiger partial charge in [-0.2, -0.15) is 0 Å². The lowest BCUT2D eigenvalue weighted by atomic mass is 10.2. The van der Waals surface area contributed by atoms with Crippen molar-refractivity contribution >= 4 is 25.9 Å². The highest BCUT2D eigenvalue weighted by atomic mass is 31.2. The van der Waals surface area contributed by atoms with Crippen molar-refractivity contribution in [1.82, 2.24) is 15.1 Å². The van der Waals surface area contributed by atoms with Crippen molar-refractivity contribution in [2.45, 2.75) is 19.3 Å². The summed E-state index contributed by atoms with van der Waals surface area (Å²) in [5.74, 6) is -0.118. The number of phosphoric ester groups is 1. The van der Waals surface area contributed by atoms with Crippen LogP contribution in [0.15, 0.2) is 0 Å². The van der Waals surface area contributed by atoms with Gasteiger partial charge in [0.1, 0.15) is 6.61 Å². The molecule has 0 spiro atoms. The Hall–Kier alpha value is -1.88. The Bertz CT molecular complexity index is 547. The van der Waals surface area contributed by atoms with Crippen LogP contribution < -0.4 is 5.32 Å². The molecule has 28 heavy (non-hydrogen) atoms. The third-order valence-electron chi connectivity index (χ3n) is 3.46. The quantitative estimate of drug-likeness (QED) is 0.322. The molecule has 1 atom stereocenters. The van der Waals surface area contributed by atoms with E-state index in [9.17, 15) is 23.8 Å². The maximum atomic E-state index is 11.8. The van der Waals surface area contributed by atoms with Crippen molar-refractivity contribution in [2.75, 3.05) is 61.2 Å². The van der Waals surface area contributed by atoms with Gasteiger partial charge in [-0.1, -0.05) is 0 Å². The van der Waals surface area contributed by atoms with Crippen LogP contribution >= 0.6 is 7.82 Å². The Kier molecular flexibility index (Phi) is 13.2. The van der Waals surface area contributed by atoms with E-state index in [2.05, 4.69) is 10.1 Å². The minimum atomic E-state index is -4.25. The highest BCUT2D eigenvalue weighted by molar-refractivity contribution is 7.47. The topological polar surface area (TPSA) is 144 Å². The molecule has 13 heteroatoms. The fourth-order valence-electron chi connectivity index (χ4n) is 1.76.